The summed E-state index contributed by atoms with van der Waals surface area (Å²) in [5.41, 5.74) is -0.182. The zero-order chi connectivity index (χ0) is 19.0. The van der Waals surface area contributed by atoms with Crippen molar-refractivity contribution in [3.63, 3.8) is 0 Å². The maximum atomic E-state index is 12.4. The quantitative estimate of drug-likeness (QED) is 0.526. The lowest BCUT2D eigenvalue weighted by molar-refractivity contribution is 0.0659. The maximum absolute atomic E-state index is 12.4. The second-order valence-electron chi connectivity index (χ2n) is 5.68. The van der Waals surface area contributed by atoms with Crippen molar-refractivity contribution in [3.8, 4) is 0 Å². The van der Waals surface area contributed by atoms with Crippen LogP contribution in [0, 0.1) is 0 Å². The molecule has 0 unspecified atom stereocenters. The molecule has 3 aromatic rings. The molecule has 2 aromatic heterocycles. The molecule has 0 aliphatic rings. The van der Waals surface area contributed by atoms with Crippen molar-refractivity contribution in [2.45, 2.75) is 19.8 Å². The summed E-state index contributed by atoms with van der Waals surface area (Å²) in [5, 5.41) is 18.8. The maximum Gasteiger partial charge on any atom is 0.371 e. The van der Waals surface area contributed by atoms with Crippen molar-refractivity contribution >= 4 is 40.1 Å². The van der Waals surface area contributed by atoms with Crippen LogP contribution in [0.15, 0.2) is 27.4 Å². The lowest BCUT2D eigenvalue weighted by Gasteiger charge is -2.11. The van der Waals surface area contributed by atoms with E-state index in [2.05, 4.69) is 4.98 Å². The molecule has 0 atom stereocenters. The van der Waals surface area contributed by atoms with Gasteiger partial charge in [0, 0.05) is 22.6 Å². The molecule has 2 N–H and O–H groups in total. The average Bonchev–Trinajstić information content (AvgIpc) is 2.61. The molecule has 0 aliphatic carbocycles. The van der Waals surface area contributed by atoms with Gasteiger partial charge in [-0.1, -0.05) is 13.3 Å². The second-order valence-corrected chi connectivity index (χ2v) is 5.68. The van der Waals surface area contributed by atoms with Crippen LogP contribution in [0.2, 0.25) is 0 Å². The van der Waals surface area contributed by atoms with Gasteiger partial charge in [-0.2, -0.15) is 0 Å². The van der Waals surface area contributed by atoms with E-state index in [1.165, 1.54) is 6.07 Å². The summed E-state index contributed by atoms with van der Waals surface area (Å²) in [4.78, 5) is 50.4. The molecule has 0 aliphatic heterocycles. The third-order valence-electron chi connectivity index (χ3n) is 3.98. The lowest BCUT2D eigenvalue weighted by atomic mass is 9.98. The number of rotatable bonds is 5. The highest BCUT2D eigenvalue weighted by atomic mass is 16.4. The first kappa shape index (κ1) is 17.3. The SMILES string of the molecule is CCCc1c2nc(C(=O)O)cc(C=O)c2cc2c(=O)cc(C(=O)O)oc12. The molecular formula is C18H13NO7. The van der Waals surface area contributed by atoms with Crippen molar-refractivity contribution in [3.05, 3.63) is 51.0 Å². The van der Waals surface area contributed by atoms with E-state index in [-0.39, 0.29) is 27.7 Å². The van der Waals surface area contributed by atoms with Crippen molar-refractivity contribution in [2.24, 2.45) is 0 Å². The van der Waals surface area contributed by atoms with E-state index >= 15 is 0 Å². The Morgan fingerprint density at radius 3 is 2.46 bits per heavy atom. The summed E-state index contributed by atoms with van der Waals surface area (Å²) in [6.07, 6.45) is 1.45. The van der Waals surface area contributed by atoms with Crippen LogP contribution in [-0.2, 0) is 6.42 Å². The van der Waals surface area contributed by atoms with Gasteiger partial charge in [0.05, 0.1) is 10.9 Å². The van der Waals surface area contributed by atoms with Crippen LogP contribution in [0.4, 0.5) is 0 Å². The minimum absolute atomic E-state index is 0.0381. The molecule has 1 aromatic carbocycles. The number of benzene rings is 1. The van der Waals surface area contributed by atoms with Gasteiger partial charge in [-0.05, 0) is 18.6 Å². The molecule has 0 saturated carbocycles. The highest BCUT2D eigenvalue weighted by Gasteiger charge is 2.20. The number of carbonyl (C=O) groups is 3. The number of fused-ring (bicyclic) bond motifs is 2. The molecule has 3 rings (SSSR count). The van der Waals surface area contributed by atoms with Crippen molar-refractivity contribution in [1.29, 1.82) is 0 Å². The monoisotopic (exact) mass is 355 g/mol. The Morgan fingerprint density at radius 1 is 1.15 bits per heavy atom. The number of aldehydes is 1. The number of carboxylic acid groups (broad SMARTS) is 2. The average molecular weight is 355 g/mol. The van der Waals surface area contributed by atoms with Gasteiger partial charge in [0.2, 0.25) is 5.76 Å². The van der Waals surface area contributed by atoms with Crippen molar-refractivity contribution in [1.82, 2.24) is 4.98 Å². The zero-order valence-electron chi connectivity index (χ0n) is 13.6. The van der Waals surface area contributed by atoms with Gasteiger partial charge in [0.15, 0.2) is 11.7 Å². The van der Waals surface area contributed by atoms with Crippen LogP contribution >= 0.6 is 0 Å². The molecule has 0 radical (unpaired) electrons. The number of aromatic carboxylic acids is 2. The normalized spacial score (nSPS) is 11.0. The second kappa shape index (κ2) is 6.40. The molecular weight excluding hydrogens is 342 g/mol. The van der Waals surface area contributed by atoms with Gasteiger partial charge < -0.3 is 14.6 Å². The Labute approximate surface area is 145 Å². The van der Waals surface area contributed by atoms with Gasteiger partial charge in [0.25, 0.3) is 0 Å². The van der Waals surface area contributed by atoms with Gasteiger partial charge in [-0.15, -0.1) is 0 Å². The summed E-state index contributed by atoms with van der Waals surface area (Å²) < 4.78 is 5.39. The van der Waals surface area contributed by atoms with Gasteiger partial charge >= 0.3 is 11.9 Å². The largest absolute Gasteiger partial charge is 0.477 e. The third kappa shape index (κ3) is 2.71. The first-order valence-corrected chi connectivity index (χ1v) is 7.73. The third-order valence-corrected chi connectivity index (χ3v) is 3.98. The van der Waals surface area contributed by atoms with Crippen LogP contribution < -0.4 is 5.43 Å². The Hall–Kier alpha value is -3.55. The zero-order valence-corrected chi connectivity index (χ0v) is 13.6. The first-order chi connectivity index (χ1) is 12.4. The molecule has 0 amide bonds. The molecule has 2 heterocycles. The van der Waals surface area contributed by atoms with Crippen LogP contribution in [0.5, 0.6) is 0 Å². The summed E-state index contributed by atoms with van der Waals surface area (Å²) in [7, 11) is 0. The van der Waals surface area contributed by atoms with Gasteiger partial charge in [0.1, 0.15) is 11.3 Å². The molecule has 132 valence electrons. The van der Waals surface area contributed by atoms with E-state index in [1.807, 2.05) is 6.92 Å². The fourth-order valence-electron chi connectivity index (χ4n) is 2.87. The molecule has 0 saturated heterocycles. The summed E-state index contributed by atoms with van der Waals surface area (Å²) in [6.45, 7) is 1.85. The van der Waals surface area contributed by atoms with Gasteiger partial charge in [-0.25, -0.2) is 14.6 Å². The Kier molecular flexibility index (Phi) is 4.25. The van der Waals surface area contributed by atoms with E-state index in [4.69, 9.17) is 9.52 Å². The van der Waals surface area contributed by atoms with Gasteiger partial charge in [-0.3, -0.25) is 9.59 Å². The molecule has 26 heavy (non-hydrogen) atoms. The summed E-state index contributed by atoms with van der Waals surface area (Å²) >= 11 is 0. The van der Waals surface area contributed by atoms with E-state index in [1.54, 1.807) is 0 Å². The van der Waals surface area contributed by atoms with Crippen molar-refractivity contribution < 1.29 is 29.0 Å². The first-order valence-electron chi connectivity index (χ1n) is 7.73. The van der Waals surface area contributed by atoms with Crippen LogP contribution in [0.3, 0.4) is 0 Å². The molecule has 0 fully saturated rings. The van der Waals surface area contributed by atoms with E-state index in [0.717, 1.165) is 12.1 Å². The van der Waals surface area contributed by atoms with Crippen LogP contribution in [0.25, 0.3) is 21.9 Å². The van der Waals surface area contributed by atoms with E-state index in [0.29, 0.717) is 30.1 Å². The number of carboxylic acids is 2. The highest BCUT2D eigenvalue weighted by Crippen LogP contribution is 2.30. The number of carbonyl (C=O) groups excluding carboxylic acids is 1. The Balaban J connectivity index is 2.58. The smallest absolute Gasteiger partial charge is 0.371 e. The fourth-order valence-corrected chi connectivity index (χ4v) is 2.87. The molecule has 8 nitrogen and oxygen atoms in total. The standard InChI is InChI=1S/C18H13NO7/c1-2-3-9-15-10(8(7-20)4-12(19-15)17(22)23)5-11-13(21)6-14(18(24)25)26-16(9)11/h4-7H,2-3H2,1H3,(H,22,23)(H,24,25). The Bertz CT molecular complexity index is 1140. The number of aromatic nitrogens is 1. The summed E-state index contributed by atoms with van der Waals surface area (Å²) in [6, 6.07) is 3.38. The van der Waals surface area contributed by atoms with Crippen LogP contribution in [-0.4, -0.2) is 33.4 Å². The number of hydrogen-bond donors (Lipinski definition) is 2. The summed E-state index contributed by atoms with van der Waals surface area (Å²) in [5.74, 6) is -3.23. The molecule has 8 heteroatoms. The number of nitrogens with zero attached hydrogens (tertiary/aromatic N) is 1. The Morgan fingerprint density at radius 2 is 1.88 bits per heavy atom. The number of pyridine rings is 1. The minimum atomic E-state index is -1.40. The topological polar surface area (TPSA) is 135 Å². The van der Waals surface area contributed by atoms with Crippen LogP contribution in [0.1, 0.15) is 50.3 Å². The number of hydrogen-bond acceptors (Lipinski definition) is 6. The van der Waals surface area contributed by atoms with E-state index in [9.17, 15) is 24.3 Å². The molecule has 0 spiro atoms. The van der Waals surface area contributed by atoms with Crippen molar-refractivity contribution in [2.75, 3.05) is 0 Å². The fraction of sp³-hybridized carbons (Fsp3) is 0.167. The lowest BCUT2D eigenvalue weighted by Crippen LogP contribution is -2.10. The number of aryl methyl sites for hydroxylation is 1. The highest BCUT2D eigenvalue weighted by molar-refractivity contribution is 6.07. The van der Waals surface area contributed by atoms with E-state index < -0.39 is 23.1 Å². The minimum Gasteiger partial charge on any atom is -0.477 e. The molecule has 0 bridgehead atoms. The predicted octanol–water partition coefficient (Wildman–Crippen LogP) is 2.50. The predicted molar refractivity (Wildman–Crippen MR) is 91.1 cm³/mol.